The number of rotatable bonds is 2. The van der Waals surface area contributed by atoms with E-state index >= 15 is 0 Å². The maximum absolute atomic E-state index is 9.34. The molecule has 2 nitrogen and oxygen atoms in total. The number of phenolic OH excluding ortho intramolecular Hbond substituents is 1. The molecular weight excluding hydrogens is 223 g/mol. The number of ether oxygens (including phenoxy) is 1. The van der Waals surface area contributed by atoms with Crippen molar-refractivity contribution >= 4 is 28.2 Å². The smallest absolute Gasteiger partial charge is 0.161 e. The Hall–Kier alpha value is -0.860. The minimum Gasteiger partial charge on any atom is -0.504 e. The molecule has 0 unspecified atom stereocenters. The van der Waals surface area contributed by atoms with Gasteiger partial charge >= 0.3 is 0 Å². The van der Waals surface area contributed by atoms with E-state index in [1.807, 2.05) is 0 Å². The lowest BCUT2D eigenvalue weighted by molar-refractivity contribution is 0.373. The van der Waals surface area contributed by atoms with E-state index in [0.717, 1.165) is 0 Å². The van der Waals surface area contributed by atoms with Crippen LogP contribution in [-0.4, -0.2) is 12.2 Å². The molecule has 0 atom stereocenters. The summed E-state index contributed by atoms with van der Waals surface area (Å²) in [5, 5.41) is 10.3. The molecule has 0 aromatic heterocycles. The van der Waals surface area contributed by atoms with Gasteiger partial charge in [-0.2, -0.15) is 0 Å². The Morgan fingerprint density at radius 3 is 2.50 bits per heavy atom. The van der Waals surface area contributed by atoms with Gasteiger partial charge in [0.05, 0.1) is 12.1 Å². The Morgan fingerprint density at radius 1 is 1.36 bits per heavy atom. The molecule has 0 spiro atoms. The molecule has 76 valence electrons. The molecule has 14 heavy (non-hydrogen) atoms. The van der Waals surface area contributed by atoms with Gasteiger partial charge in [-0.25, -0.2) is 0 Å². The number of benzene rings is 1. The average Bonchev–Trinajstić information content (AvgIpc) is 2.17. The number of phenols is 1. The van der Waals surface area contributed by atoms with E-state index in [2.05, 4.69) is 0 Å². The predicted octanol–water partition coefficient (Wildman–Crippen LogP) is 3.57. The van der Waals surface area contributed by atoms with Crippen LogP contribution in [0.1, 0.15) is 12.5 Å². The van der Waals surface area contributed by atoms with Crippen molar-refractivity contribution in [1.82, 2.24) is 0 Å². The lowest BCUT2D eigenvalue weighted by Crippen LogP contribution is -1.86. The molecule has 0 aliphatic heterocycles. The molecule has 4 heteroatoms. The monoisotopic (exact) mass is 232 g/mol. The third kappa shape index (κ3) is 2.34. The van der Waals surface area contributed by atoms with Crippen molar-refractivity contribution < 1.29 is 9.84 Å². The first kappa shape index (κ1) is 11.2. The van der Waals surface area contributed by atoms with Gasteiger partial charge < -0.3 is 9.84 Å². The molecular formula is C10H10Cl2O2. The second-order valence-electron chi connectivity index (χ2n) is 2.73. The Labute approximate surface area is 92.7 Å². The Bertz CT molecular complexity index is 368. The number of aromatic hydroxyl groups is 1. The van der Waals surface area contributed by atoms with Crippen molar-refractivity contribution in [3.05, 3.63) is 28.8 Å². The number of allylic oxidation sites excluding steroid dienone is 1. The molecule has 1 aromatic rings. The van der Waals surface area contributed by atoms with Gasteiger partial charge in [-0.05, 0) is 30.7 Å². The fourth-order valence-electron chi connectivity index (χ4n) is 1.01. The van der Waals surface area contributed by atoms with Crippen LogP contribution in [0.5, 0.6) is 11.5 Å². The van der Waals surface area contributed by atoms with Gasteiger partial charge in [0, 0.05) is 5.03 Å². The Kier molecular flexibility index (Phi) is 3.67. The highest BCUT2D eigenvalue weighted by atomic mass is 35.5. The van der Waals surface area contributed by atoms with E-state index in [0.29, 0.717) is 21.4 Å². The molecule has 1 rings (SSSR count). The summed E-state index contributed by atoms with van der Waals surface area (Å²) in [6, 6.07) is 4.81. The number of hydrogen-bond acceptors (Lipinski definition) is 2. The maximum Gasteiger partial charge on any atom is 0.161 e. The van der Waals surface area contributed by atoms with Gasteiger partial charge in [0.2, 0.25) is 0 Å². The zero-order chi connectivity index (χ0) is 10.7. The highest BCUT2D eigenvalue weighted by molar-refractivity contribution is 6.54. The van der Waals surface area contributed by atoms with Crippen LogP contribution in [-0.2, 0) is 0 Å². The molecule has 0 heterocycles. The first-order chi connectivity index (χ1) is 6.56. The van der Waals surface area contributed by atoms with E-state index in [-0.39, 0.29) is 5.75 Å². The Balaban J connectivity index is 3.20. The van der Waals surface area contributed by atoms with Crippen molar-refractivity contribution in [3.8, 4) is 11.5 Å². The molecule has 1 N–H and O–H groups in total. The fraction of sp³-hybridized carbons (Fsp3) is 0.200. The number of methoxy groups -OCH3 is 1. The summed E-state index contributed by atoms with van der Waals surface area (Å²) in [5.41, 5.74) is 0.716. The lowest BCUT2D eigenvalue weighted by Gasteiger charge is -2.06. The van der Waals surface area contributed by atoms with Gasteiger partial charge in [-0.15, -0.1) is 0 Å². The molecule has 1 aromatic carbocycles. The second kappa shape index (κ2) is 4.58. The molecule has 0 aliphatic carbocycles. The standard InChI is InChI=1S/C10H10Cl2O2/c1-6(11)10(12)7-3-4-8(13)9(5-7)14-2/h3-5,13H,1-2H3. The highest BCUT2D eigenvalue weighted by Crippen LogP contribution is 2.32. The molecule has 0 saturated carbocycles. The third-order valence-corrected chi connectivity index (χ3v) is 2.52. The largest absolute Gasteiger partial charge is 0.504 e. The van der Waals surface area contributed by atoms with Crippen molar-refractivity contribution in [2.75, 3.05) is 7.11 Å². The normalized spacial score (nSPS) is 12.3. The number of halogens is 2. The fourth-order valence-corrected chi connectivity index (χ4v) is 1.24. The maximum atomic E-state index is 9.34. The predicted molar refractivity (Wildman–Crippen MR) is 59.0 cm³/mol. The molecule has 0 amide bonds. The van der Waals surface area contributed by atoms with E-state index in [9.17, 15) is 5.11 Å². The first-order valence-electron chi connectivity index (χ1n) is 3.95. The minimum absolute atomic E-state index is 0.0768. The van der Waals surface area contributed by atoms with Crippen LogP contribution in [0.4, 0.5) is 0 Å². The number of hydrogen-bond donors (Lipinski definition) is 1. The van der Waals surface area contributed by atoms with Crippen LogP contribution >= 0.6 is 23.2 Å². The van der Waals surface area contributed by atoms with Crippen LogP contribution in [0, 0.1) is 0 Å². The van der Waals surface area contributed by atoms with E-state index in [1.54, 1.807) is 19.1 Å². The van der Waals surface area contributed by atoms with Crippen molar-refractivity contribution in [3.63, 3.8) is 0 Å². The van der Waals surface area contributed by atoms with Crippen LogP contribution < -0.4 is 4.74 Å². The van der Waals surface area contributed by atoms with E-state index in [4.69, 9.17) is 27.9 Å². The summed E-state index contributed by atoms with van der Waals surface area (Å²) < 4.78 is 4.94. The topological polar surface area (TPSA) is 29.5 Å². The zero-order valence-electron chi connectivity index (χ0n) is 7.84. The van der Waals surface area contributed by atoms with Crippen LogP contribution in [0.25, 0.3) is 5.03 Å². The Morgan fingerprint density at radius 2 is 2.00 bits per heavy atom. The minimum atomic E-state index is 0.0768. The van der Waals surface area contributed by atoms with Crippen LogP contribution in [0.3, 0.4) is 0 Å². The summed E-state index contributed by atoms with van der Waals surface area (Å²) >= 11 is 11.7. The summed E-state index contributed by atoms with van der Waals surface area (Å²) in [5.74, 6) is 0.450. The summed E-state index contributed by atoms with van der Waals surface area (Å²) in [6.45, 7) is 1.70. The lowest BCUT2D eigenvalue weighted by atomic mass is 10.2. The molecule has 0 fully saturated rings. The van der Waals surface area contributed by atoms with Gasteiger partial charge in [0.15, 0.2) is 11.5 Å². The average molecular weight is 233 g/mol. The molecule has 0 radical (unpaired) electrons. The molecule has 0 saturated heterocycles. The second-order valence-corrected chi connectivity index (χ2v) is 3.68. The van der Waals surface area contributed by atoms with E-state index in [1.165, 1.54) is 13.2 Å². The first-order valence-corrected chi connectivity index (χ1v) is 4.71. The van der Waals surface area contributed by atoms with Crippen molar-refractivity contribution in [1.29, 1.82) is 0 Å². The van der Waals surface area contributed by atoms with Gasteiger partial charge in [-0.3, -0.25) is 0 Å². The van der Waals surface area contributed by atoms with Crippen LogP contribution in [0.15, 0.2) is 23.2 Å². The quantitative estimate of drug-likeness (QED) is 0.846. The van der Waals surface area contributed by atoms with Gasteiger partial charge in [0.25, 0.3) is 0 Å². The van der Waals surface area contributed by atoms with E-state index < -0.39 is 0 Å². The van der Waals surface area contributed by atoms with Gasteiger partial charge in [0.1, 0.15) is 0 Å². The van der Waals surface area contributed by atoms with Crippen molar-refractivity contribution in [2.24, 2.45) is 0 Å². The highest BCUT2D eigenvalue weighted by Gasteiger charge is 2.06. The zero-order valence-corrected chi connectivity index (χ0v) is 9.36. The van der Waals surface area contributed by atoms with Crippen molar-refractivity contribution in [2.45, 2.75) is 6.92 Å². The summed E-state index contributed by atoms with van der Waals surface area (Å²) in [7, 11) is 1.48. The van der Waals surface area contributed by atoms with Crippen LogP contribution in [0.2, 0.25) is 0 Å². The summed E-state index contributed by atoms with van der Waals surface area (Å²) in [4.78, 5) is 0. The third-order valence-electron chi connectivity index (χ3n) is 1.74. The molecule has 0 aliphatic rings. The SMILES string of the molecule is COc1cc(C(Cl)=C(C)Cl)ccc1O. The summed E-state index contributed by atoms with van der Waals surface area (Å²) in [6.07, 6.45) is 0. The van der Waals surface area contributed by atoms with Gasteiger partial charge in [-0.1, -0.05) is 23.2 Å². The molecule has 0 bridgehead atoms.